The minimum absolute atomic E-state index is 0.599. The molecule has 0 aliphatic heterocycles. The molecule has 0 amide bonds. The Hall–Kier alpha value is 1.12. The zero-order chi connectivity index (χ0) is 19.7. The molecule has 4 saturated carbocycles. The van der Waals surface area contributed by atoms with E-state index in [0.29, 0.717) is 0 Å². The summed E-state index contributed by atoms with van der Waals surface area (Å²) in [6.07, 6.45) is 33.9. The summed E-state index contributed by atoms with van der Waals surface area (Å²) in [5, 5.41) is 3.57. The fourth-order valence-electron chi connectivity index (χ4n) is 7.41. The normalized spacial score (nSPS) is 27.1. The second kappa shape index (κ2) is 13.0. The van der Waals surface area contributed by atoms with E-state index in [0.717, 1.165) is 0 Å². The number of rotatable bonds is 8. The van der Waals surface area contributed by atoms with Crippen molar-refractivity contribution in [2.75, 3.05) is 0 Å². The van der Waals surface area contributed by atoms with Crippen LogP contribution in [0.15, 0.2) is 0 Å². The molecular formula is C27H50As2. The summed E-state index contributed by atoms with van der Waals surface area (Å²) in [5.74, 6) is 0. The Morgan fingerprint density at radius 2 is 0.586 bits per heavy atom. The van der Waals surface area contributed by atoms with Gasteiger partial charge in [0.15, 0.2) is 0 Å². The first-order chi connectivity index (χ1) is 14.4. The zero-order valence-electron chi connectivity index (χ0n) is 19.5. The van der Waals surface area contributed by atoms with Gasteiger partial charge in [-0.1, -0.05) is 0 Å². The van der Waals surface area contributed by atoms with E-state index in [4.69, 9.17) is 0 Å². The van der Waals surface area contributed by atoms with Gasteiger partial charge in [0.2, 0.25) is 0 Å². The van der Waals surface area contributed by atoms with Gasteiger partial charge >= 0.3 is 193 Å². The van der Waals surface area contributed by atoms with Crippen LogP contribution in [0.4, 0.5) is 0 Å². The Morgan fingerprint density at radius 1 is 0.345 bits per heavy atom. The van der Waals surface area contributed by atoms with E-state index in [1.165, 1.54) is 18.8 Å². The predicted molar refractivity (Wildman–Crippen MR) is 133 cm³/mol. The first-order valence-electron chi connectivity index (χ1n) is 13.9. The SMILES string of the molecule is C1CCC([As](CCC[As](C2CCCCC2)C2CCCCC2)C2CCCCC2)CC1. The first kappa shape index (κ1) is 23.3. The summed E-state index contributed by atoms with van der Waals surface area (Å²) in [6.45, 7) is 0. The summed E-state index contributed by atoms with van der Waals surface area (Å²) in [4.78, 5) is 0. The third-order valence-electron chi connectivity index (χ3n) is 9.01. The third-order valence-corrected chi connectivity index (χ3v) is 24.7. The Labute approximate surface area is 192 Å². The Balaban J connectivity index is 1.34. The van der Waals surface area contributed by atoms with Crippen LogP contribution in [0.3, 0.4) is 0 Å². The van der Waals surface area contributed by atoms with Crippen LogP contribution in [0.25, 0.3) is 0 Å². The van der Waals surface area contributed by atoms with Gasteiger partial charge in [0.05, 0.1) is 0 Å². The molecule has 0 atom stereocenters. The van der Waals surface area contributed by atoms with E-state index < -0.39 is 29.3 Å². The van der Waals surface area contributed by atoms with Crippen LogP contribution in [0.2, 0.25) is 29.2 Å². The molecule has 0 saturated heterocycles. The maximum absolute atomic E-state index is 1.78. The second-order valence-electron chi connectivity index (χ2n) is 11.0. The minimum atomic E-state index is -0.599. The molecule has 0 N–H and O–H groups in total. The monoisotopic (exact) mass is 524 g/mol. The zero-order valence-corrected chi connectivity index (χ0v) is 23.2. The van der Waals surface area contributed by atoms with E-state index >= 15 is 0 Å². The second-order valence-corrected chi connectivity index (χ2v) is 23.3. The quantitative estimate of drug-likeness (QED) is 0.277. The molecule has 168 valence electrons. The van der Waals surface area contributed by atoms with Crippen molar-refractivity contribution in [2.45, 2.75) is 164 Å². The van der Waals surface area contributed by atoms with Crippen molar-refractivity contribution in [2.24, 2.45) is 0 Å². The van der Waals surface area contributed by atoms with Crippen molar-refractivity contribution in [1.82, 2.24) is 0 Å². The van der Waals surface area contributed by atoms with E-state index in [2.05, 4.69) is 0 Å². The van der Waals surface area contributed by atoms with Crippen molar-refractivity contribution in [3.05, 3.63) is 0 Å². The molecular weight excluding hydrogens is 474 g/mol. The summed E-state index contributed by atoms with van der Waals surface area (Å²) in [5.41, 5.74) is 0. The topological polar surface area (TPSA) is 0 Å². The molecule has 0 spiro atoms. The molecule has 4 fully saturated rings. The molecule has 4 rings (SSSR count). The van der Waals surface area contributed by atoms with Gasteiger partial charge in [0, 0.05) is 0 Å². The molecule has 0 nitrogen and oxygen atoms in total. The van der Waals surface area contributed by atoms with Crippen LogP contribution in [-0.2, 0) is 0 Å². The van der Waals surface area contributed by atoms with Crippen LogP contribution < -0.4 is 0 Å². The molecule has 0 aromatic rings. The number of hydrogen-bond donors (Lipinski definition) is 0. The van der Waals surface area contributed by atoms with Crippen molar-refractivity contribution < 1.29 is 0 Å². The van der Waals surface area contributed by atoms with Crippen molar-refractivity contribution >= 4 is 29.3 Å². The molecule has 0 radical (unpaired) electrons. The molecule has 0 bridgehead atoms. The molecule has 2 heteroatoms. The summed E-state index contributed by atoms with van der Waals surface area (Å²) in [6, 6.07) is 0. The van der Waals surface area contributed by atoms with E-state index in [-0.39, 0.29) is 0 Å². The van der Waals surface area contributed by atoms with Gasteiger partial charge in [0.1, 0.15) is 0 Å². The standard InChI is InChI=1S/C27H50As2/c1-5-14-24(15-6-1)28(25-16-7-2-8-17-25)22-13-23-29(26-18-9-3-10-19-26)27-20-11-4-12-21-27/h24-27H,1-23H2. The van der Waals surface area contributed by atoms with Crippen LogP contribution >= 0.6 is 0 Å². The van der Waals surface area contributed by atoms with Crippen molar-refractivity contribution in [3.63, 3.8) is 0 Å². The fraction of sp³-hybridized carbons (Fsp3) is 1.00. The molecule has 4 aliphatic carbocycles. The van der Waals surface area contributed by atoms with E-state index in [1.807, 2.05) is 0 Å². The van der Waals surface area contributed by atoms with Gasteiger partial charge in [-0.05, 0) is 0 Å². The summed E-state index contributed by atoms with van der Waals surface area (Å²) < 4.78 is 5.07. The Bertz CT molecular complexity index is 350. The van der Waals surface area contributed by atoms with Crippen LogP contribution in [-0.4, -0.2) is 29.3 Å². The first-order valence-corrected chi connectivity index (χ1v) is 20.9. The molecule has 0 aromatic heterocycles. The predicted octanol–water partition coefficient (Wildman–Crippen LogP) is 9.70. The van der Waals surface area contributed by atoms with Gasteiger partial charge in [-0.3, -0.25) is 0 Å². The summed E-state index contributed by atoms with van der Waals surface area (Å²) >= 11 is -1.20. The van der Waals surface area contributed by atoms with Gasteiger partial charge in [-0.25, -0.2) is 0 Å². The molecule has 0 unspecified atom stereocenters. The van der Waals surface area contributed by atoms with Crippen LogP contribution in [0.5, 0.6) is 0 Å². The van der Waals surface area contributed by atoms with Gasteiger partial charge in [-0.2, -0.15) is 0 Å². The number of hydrogen-bond acceptors (Lipinski definition) is 0. The Kier molecular flexibility index (Phi) is 10.4. The average molecular weight is 525 g/mol. The van der Waals surface area contributed by atoms with Gasteiger partial charge in [0.25, 0.3) is 0 Å². The Morgan fingerprint density at radius 3 is 0.828 bits per heavy atom. The van der Waals surface area contributed by atoms with Crippen molar-refractivity contribution in [3.8, 4) is 0 Å². The van der Waals surface area contributed by atoms with Gasteiger partial charge < -0.3 is 0 Å². The van der Waals surface area contributed by atoms with E-state index in [1.54, 1.807) is 145 Å². The molecule has 4 aliphatic rings. The summed E-state index contributed by atoms with van der Waals surface area (Å²) in [7, 11) is 0. The van der Waals surface area contributed by atoms with Crippen LogP contribution in [0.1, 0.15) is 135 Å². The van der Waals surface area contributed by atoms with Gasteiger partial charge in [-0.15, -0.1) is 0 Å². The van der Waals surface area contributed by atoms with Crippen LogP contribution in [0, 0.1) is 0 Å². The maximum atomic E-state index is 1.78. The molecule has 29 heavy (non-hydrogen) atoms. The third kappa shape index (κ3) is 7.05. The molecule has 0 aromatic carbocycles. The molecule has 0 heterocycles. The van der Waals surface area contributed by atoms with E-state index in [9.17, 15) is 0 Å². The fourth-order valence-corrected chi connectivity index (χ4v) is 25.0. The van der Waals surface area contributed by atoms with Crippen molar-refractivity contribution in [1.29, 1.82) is 0 Å². The average Bonchev–Trinajstić information content (AvgIpc) is 2.81.